The number of nitrogens with zero attached hydrogens (tertiary/aromatic N) is 3. The molecule has 12 heteroatoms. The molecule has 0 spiro atoms. The molecule has 12 nitrogen and oxygen atoms in total. The summed E-state index contributed by atoms with van der Waals surface area (Å²) in [5.74, 6) is -1.10. The van der Waals surface area contributed by atoms with Gasteiger partial charge in [0.2, 0.25) is 0 Å². The van der Waals surface area contributed by atoms with Crippen molar-refractivity contribution in [3.05, 3.63) is 108 Å². The van der Waals surface area contributed by atoms with Crippen molar-refractivity contribution in [2.45, 2.75) is 109 Å². The van der Waals surface area contributed by atoms with Gasteiger partial charge in [0, 0.05) is 13.0 Å². The number of aliphatic imine (C=N–C) groups is 3. The molecule has 0 saturated carbocycles. The fourth-order valence-corrected chi connectivity index (χ4v) is 4.78. The van der Waals surface area contributed by atoms with E-state index >= 15 is 0 Å². The molecule has 3 aromatic rings. The second kappa shape index (κ2) is 31.1. The molecule has 298 valence electrons. The van der Waals surface area contributed by atoms with Gasteiger partial charge in [-0.15, -0.1) is 0 Å². The number of esters is 3. The Morgan fingerprint density at radius 1 is 0.582 bits per heavy atom. The minimum atomic E-state index is -0.575. The number of rotatable bonds is 24. The Bertz CT molecular complexity index is 1510. The number of unbranched alkanes of at least 4 members (excludes halogenated alkanes) is 2. The molecule has 0 radical (unpaired) electrons. The number of hydrogen-bond acceptors (Lipinski definition) is 12. The summed E-state index contributed by atoms with van der Waals surface area (Å²) in [6.07, 6.45) is 5.92. The zero-order valence-corrected chi connectivity index (χ0v) is 32.0. The van der Waals surface area contributed by atoms with Crippen LogP contribution >= 0.6 is 0 Å². The summed E-state index contributed by atoms with van der Waals surface area (Å²) in [6, 6.07) is 26.8. The molecule has 0 heterocycles. The Morgan fingerprint density at radius 2 is 0.927 bits per heavy atom. The summed E-state index contributed by atoms with van der Waals surface area (Å²) < 4.78 is 15.5. The van der Waals surface area contributed by atoms with Crippen LogP contribution in [0.4, 0.5) is 0 Å². The van der Waals surface area contributed by atoms with Gasteiger partial charge in [-0.1, -0.05) is 91.0 Å². The van der Waals surface area contributed by atoms with Crippen molar-refractivity contribution in [3.8, 4) is 0 Å². The molecule has 0 amide bonds. The van der Waals surface area contributed by atoms with Crippen molar-refractivity contribution in [2.24, 2.45) is 15.0 Å². The van der Waals surface area contributed by atoms with Gasteiger partial charge in [-0.3, -0.25) is 15.0 Å². The third-order valence-electron chi connectivity index (χ3n) is 7.93. The first kappa shape index (κ1) is 47.7. The Hall–Kier alpha value is -5.33. The molecule has 3 rings (SSSR count). The topological polar surface area (TPSA) is 174 Å². The molecule has 3 aromatic carbocycles. The Balaban J connectivity index is 0.000000413. The van der Waals surface area contributed by atoms with E-state index in [2.05, 4.69) is 35.1 Å². The number of aliphatic hydroxyl groups is 2. The van der Waals surface area contributed by atoms with E-state index in [1.165, 1.54) is 0 Å². The predicted molar refractivity (Wildman–Crippen MR) is 215 cm³/mol. The van der Waals surface area contributed by atoms with Crippen LogP contribution in [0.3, 0.4) is 0 Å². The zero-order chi connectivity index (χ0) is 40.5. The average molecular weight is 760 g/mol. The average Bonchev–Trinajstić information content (AvgIpc) is 3.21. The highest BCUT2D eigenvalue weighted by Crippen LogP contribution is 2.12. The first-order valence-electron chi connectivity index (χ1n) is 18.4. The summed E-state index contributed by atoms with van der Waals surface area (Å²) in [6.45, 7) is 12.8. The van der Waals surface area contributed by atoms with Crippen LogP contribution in [-0.4, -0.2) is 85.4 Å². The molecule has 4 atom stereocenters. The fourth-order valence-electron chi connectivity index (χ4n) is 4.78. The summed E-state index contributed by atoms with van der Waals surface area (Å²) >= 11 is 0. The third kappa shape index (κ3) is 23.1. The lowest BCUT2D eigenvalue weighted by molar-refractivity contribution is -0.147. The van der Waals surface area contributed by atoms with Gasteiger partial charge >= 0.3 is 17.9 Å². The van der Waals surface area contributed by atoms with Crippen LogP contribution in [-0.2, 0) is 53.2 Å². The lowest BCUT2D eigenvalue weighted by atomic mass is 10.1. The van der Waals surface area contributed by atoms with Gasteiger partial charge in [0.25, 0.3) is 0 Å². The highest BCUT2D eigenvalue weighted by atomic mass is 16.5. The summed E-state index contributed by atoms with van der Waals surface area (Å²) in [5.41, 5.74) is 2.83. The lowest BCUT2D eigenvalue weighted by Crippen LogP contribution is -2.21. The largest absolute Gasteiger partial charge is 0.459 e. The van der Waals surface area contributed by atoms with E-state index in [0.29, 0.717) is 44.9 Å². The molecule has 0 saturated heterocycles. The Morgan fingerprint density at radius 3 is 1.24 bits per heavy atom. The molecule has 0 aliphatic heterocycles. The van der Waals surface area contributed by atoms with E-state index in [0.717, 1.165) is 35.8 Å². The second-order valence-corrected chi connectivity index (χ2v) is 12.5. The van der Waals surface area contributed by atoms with Gasteiger partial charge in [-0.05, 0) is 95.1 Å². The fraction of sp³-hybridized carbons (Fsp3) is 0.419. The van der Waals surface area contributed by atoms with Crippen LogP contribution < -0.4 is 0 Å². The second-order valence-electron chi connectivity index (χ2n) is 12.5. The number of benzene rings is 3. The monoisotopic (exact) mass is 759 g/mol. The van der Waals surface area contributed by atoms with Crippen molar-refractivity contribution in [1.82, 2.24) is 0 Å². The van der Waals surface area contributed by atoms with E-state index in [-0.39, 0.29) is 50.4 Å². The van der Waals surface area contributed by atoms with E-state index in [1.807, 2.05) is 91.0 Å². The summed E-state index contributed by atoms with van der Waals surface area (Å²) in [5, 5.41) is 17.8. The number of ether oxygens (including phenoxy) is 3. The molecule has 0 aromatic heterocycles. The van der Waals surface area contributed by atoms with Crippen LogP contribution in [0.2, 0.25) is 0 Å². The molecular weight excluding hydrogens is 702 g/mol. The van der Waals surface area contributed by atoms with Crippen LogP contribution in [0.5, 0.6) is 0 Å². The predicted octanol–water partition coefficient (Wildman–Crippen LogP) is 6.48. The minimum absolute atomic E-state index is 0.128. The SMILES string of the molecule is C=N[C@H](CCCC=O)C(=O)OCc1ccccc1.C=N[C@H](CCCCO)C(=O)OCc1ccccc1.C=N[C@H](CCC[C@H](C)O)C(=O)OCc1ccccc1. The minimum Gasteiger partial charge on any atom is -0.459 e. The van der Waals surface area contributed by atoms with Crippen LogP contribution in [0, 0.1) is 0 Å². The van der Waals surface area contributed by atoms with Crippen molar-refractivity contribution in [1.29, 1.82) is 0 Å². The maximum absolute atomic E-state index is 11.8. The molecule has 0 aliphatic carbocycles. The number of carbonyl (C=O) groups is 4. The van der Waals surface area contributed by atoms with Crippen molar-refractivity contribution < 1.29 is 43.6 Å². The Kier molecular flexibility index (Phi) is 26.9. The molecular formula is C43H57N3O9. The van der Waals surface area contributed by atoms with E-state index in [4.69, 9.17) is 24.4 Å². The van der Waals surface area contributed by atoms with Crippen LogP contribution in [0.1, 0.15) is 81.4 Å². The standard InChI is InChI=1S/C15H21NO3.C14H19NO3.C14H17NO3/c1-12(17)7-6-10-14(16-2)15(18)19-11-13-8-4-3-5-9-13;2*1-15-13(9-5-6-10-16)14(17)18-11-12-7-3-2-4-8-12/h3-5,8-9,12,14,17H,2,6-7,10-11H2,1H3;2-4,7-8,13,16H,1,5-6,9-11H2;2-4,7-8,10,13H,1,5-6,9,11H2/t12-,14+;2*13-/m011/s1. The van der Waals surface area contributed by atoms with Gasteiger partial charge in [0.15, 0.2) is 0 Å². The number of aldehydes is 1. The zero-order valence-electron chi connectivity index (χ0n) is 32.0. The molecule has 2 N–H and O–H groups in total. The quantitative estimate of drug-likeness (QED) is 0.0341. The van der Waals surface area contributed by atoms with Gasteiger partial charge in [-0.25, -0.2) is 14.4 Å². The van der Waals surface area contributed by atoms with E-state index < -0.39 is 18.1 Å². The highest BCUT2D eigenvalue weighted by molar-refractivity contribution is 5.77. The summed E-state index contributed by atoms with van der Waals surface area (Å²) in [7, 11) is 0. The molecule has 0 bridgehead atoms. The van der Waals surface area contributed by atoms with Gasteiger partial charge in [0.05, 0.1) is 6.10 Å². The molecule has 0 unspecified atom stereocenters. The maximum atomic E-state index is 11.8. The van der Waals surface area contributed by atoms with Crippen molar-refractivity contribution in [3.63, 3.8) is 0 Å². The number of carbonyl (C=O) groups excluding carboxylic acids is 4. The molecule has 0 aliphatic rings. The molecule has 55 heavy (non-hydrogen) atoms. The van der Waals surface area contributed by atoms with E-state index in [9.17, 15) is 19.2 Å². The highest BCUT2D eigenvalue weighted by Gasteiger charge is 2.19. The lowest BCUT2D eigenvalue weighted by Gasteiger charge is -2.12. The van der Waals surface area contributed by atoms with Crippen molar-refractivity contribution in [2.75, 3.05) is 6.61 Å². The smallest absolute Gasteiger partial charge is 0.331 e. The van der Waals surface area contributed by atoms with Gasteiger partial charge < -0.3 is 29.2 Å². The first-order chi connectivity index (χ1) is 26.7. The van der Waals surface area contributed by atoms with Crippen LogP contribution in [0.25, 0.3) is 0 Å². The normalized spacial score (nSPS) is 12.3. The first-order valence-corrected chi connectivity index (χ1v) is 18.4. The number of hydrogen-bond donors (Lipinski definition) is 2. The van der Waals surface area contributed by atoms with E-state index in [1.54, 1.807) is 6.92 Å². The Labute approximate surface area is 325 Å². The molecule has 0 fully saturated rings. The van der Waals surface area contributed by atoms with Crippen LogP contribution in [0.15, 0.2) is 106 Å². The maximum Gasteiger partial charge on any atom is 0.331 e. The van der Waals surface area contributed by atoms with Gasteiger partial charge in [-0.2, -0.15) is 0 Å². The number of aliphatic hydroxyl groups excluding tert-OH is 2. The summed E-state index contributed by atoms with van der Waals surface area (Å²) in [4.78, 5) is 56.7. The van der Waals surface area contributed by atoms with Crippen molar-refractivity contribution >= 4 is 44.3 Å². The third-order valence-corrected chi connectivity index (χ3v) is 7.93. The van der Waals surface area contributed by atoms with Gasteiger partial charge in [0.1, 0.15) is 44.2 Å².